The van der Waals surface area contributed by atoms with Crippen molar-refractivity contribution >= 4 is 10.0 Å². The molecule has 112 valence electrons. The molecule has 1 aliphatic rings. The quantitative estimate of drug-likeness (QED) is 0.906. The van der Waals surface area contributed by atoms with Gasteiger partial charge in [0.15, 0.2) is 16.5 Å². The minimum atomic E-state index is -3.59. The summed E-state index contributed by atoms with van der Waals surface area (Å²) >= 11 is 0. The summed E-state index contributed by atoms with van der Waals surface area (Å²) < 4.78 is 37.1. The lowest BCUT2D eigenvalue weighted by molar-refractivity contribution is 0.0798. The van der Waals surface area contributed by atoms with Crippen LogP contribution in [0.2, 0.25) is 0 Å². The Morgan fingerprint density at radius 1 is 1.38 bits per heavy atom. The van der Waals surface area contributed by atoms with Crippen LogP contribution in [0.4, 0.5) is 0 Å². The van der Waals surface area contributed by atoms with E-state index >= 15 is 0 Å². The van der Waals surface area contributed by atoms with Gasteiger partial charge >= 0.3 is 0 Å². The highest BCUT2D eigenvalue weighted by atomic mass is 32.2. The van der Waals surface area contributed by atoms with E-state index in [0.717, 1.165) is 0 Å². The molecule has 7 nitrogen and oxygen atoms in total. The van der Waals surface area contributed by atoms with Crippen molar-refractivity contribution in [2.45, 2.75) is 11.1 Å². The summed E-state index contributed by atoms with van der Waals surface area (Å²) in [6.45, 7) is 0.496. The number of fused-ring (bicyclic) bond motifs is 1. The monoisotopic (exact) mass is 309 g/mol. The third-order valence-electron chi connectivity index (χ3n) is 3.19. The number of benzene rings is 1. The molecule has 3 rings (SSSR count). The van der Waals surface area contributed by atoms with Gasteiger partial charge < -0.3 is 14.5 Å². The standard InChI is InChI=1S/C13H15N3O4S/c1-16(21(17,18)13-6-14-9-15-13)7-10-8-19-11-4-2-3-5-12(11)20-10/h2-6,9-10H,7-8H2,1H3,(H,14,15). The van der Waals surface area contributed by atoms with Crippen molar-refractivity contribution in [2.24, 2.45) is 0 Å². The van der Waals surface area contributed by atoms with E-state index in [4.69, 9.17) is 9.47 Å². The molecule has 8 heteroatoms. The number of nitrogens with one attached hydrogen (secondary N) is 1. The van der Waals surface area contributed by atoms with Crippen LogP contribution >= 0.6 is 0 Å². The van der Waals surface area contributed by atoms with Gasteiger partial charge in [0.05, 0.1) is 19.1 Å². The summed E-state index contributed by atoms with van der Waals surface area (Å²) in [5.41, 5.74) is 0. The molecule has 0 saturated heterocycles. The summed E-state index contributed by atoms with van der Waals surface area (Å²) in [6.07, 6.45) is 2.25. The maximum absolute atomic E-state index is 12.3. The summed E-state index contributed by atoms with van der Waals surface area (Å²) in [6, 6.07) is 7.31. The van der Waals surface area contributed by atoms with Gasteiger partial charge in [-0.25, -0.2) is 13.4 Å². The highest BCUT2D eigenvalue weighted by Crippen LogP contribution is 2.31. The van der Waals surface area contributed by atoms with Gasteiger partial charge in [0.25, 0.3) is 10.0 Å². The van der Waals surface area contributed by atoms with E-state index in [1.165, 1.54) is 23.9 Å². The van der Waals surface area contributed by atoms with E-state index in [1.807, 2.05) is 18.2 Å². The number of aromatic amines is 1. The van der Waals surface area contributed by atoms with Crippen molar-refractivity contribution in [2.75, 3.05) is 20.2 Å². The Morgan fingerprint density at radius 2 is 2.14 bits per heavy atom. The Hall–Kier alpha value is -2.06. The van der Waals surface area contributed by atoms with Crippen molar-refractivity contribution in [1.29, 1.82) is 0 Å². The maximum atomic E-state index is 12.3. The van der Waals surface area contributed by atoms with Gasteiger partial charge in [-0.15, -0.1) is 0 Å². The number of imidazole rings is 1. The number of likely N-dealkylation sites (N-methyl/N-ethyl adjacent to an activating group) is 1. The summed E-state index contributed by atoms with van der Waals surface area (Å²) in [5, 5.41) is 0.0575. The number of rotatable bonds is 4. The van der Waals surface area contributed by atoms with Crippen LogP contribution in [0.3, 0.4) is 0 Å². The number of sulfonamides is 1. The number of para-hydroxylation sites is 2. The summed E-state index contributed by atoms with van der Waals surface area (Å²) in [5.74, 6) is 1.30. The molecule has 0 fully saturated rings. The number of H-pyrrole nitrogens is 1. The first kappa shape index (κ1) is 13.9. The predicted octanol–water partition coefficient (Wildman–Crippen LogP) is 0.870. The zero-order valence-electron chi connectivity index (χ0n) is 11.4. The van der Waals surface area contributed by atoms with Gasteiger partial charge in [-0.2, -0.15) is 4.31 Å². The van der Waals surface area contributed by atoms with Gasteiger partial charge in [0.1, 0.15) is 12.7 Å². The molecule has 1 aliphatic heterocycles. The fourth-order valence-electron chi connectivity index (χ4n) is 2.09. The van der Waals surface area contributed by atoms with Gasteiger partial charge in [-0.3, -0.25) is 0 Å². The molecule has 0 amide bonds. The molecule has 2 heterocycles. The molecule has 0 spiro atoms. The second kappa shape index (κ2) is 5.38. The van der Waals surface area contributed by atoms with Crippen LogP contribution in [-0.4, -0.2) is 49.0 Å². The van der Waals surface area contributed by atoms with Crippen LogP contribution in [0.15, 0.2) is 41.8 Å². The van der Waals surface area contributed by atoms with Crippen molar-refractivity contribution in [3.05, 3.63) is 36.8 Å². The molecule has 1 aromatic heterocycles. The third-order valence-corrected chi connectivity index (χ3v) is 4.94. The fourth-order valence-corrected chi connectivity index (χ4v) is 3.18. The Kier molecular flexibility index (Phi) is 3.56. The SMILES string of the molecule is CN(CC1COc2ccccc2O1)S(=O)(=O)c1cnc[nH]1. The van der Waals surface area contributed by atoms with Crippen LogP contribution in [0.1, 0.15) is 0 Å². The smallest absolute Gasteiger partial charge is 0.259 e. The van der Waals surface area contributed by atoms with Crippen LogP contribution in [0, 0.1) is 0 Å². The van der Waals surface area contributed by atoms with Crippen molar-refractivity contribution in [3.63, 3.8) is 0 Å². The first-order chi connectivity index (χ1) is 10.1. The molecule has 21 heavy (non-hydrogen) atoms. The number of nitrogens with zero attached hydrogens (tertiary/aromatic N) is 2. The predicted molar refractivity (Wildman–Crippen MR) is 74.8 cm³/mol. The van der Waals surface area contributed by atoms with E-state index < -0.39 is 10.0 Å². The Labute approximate surface area is 122 Å². The molecule has 1 N–H and O–H groups in total. The highest BCUT2D eigenvalue weighted by molar-refractivity contribution is 7.89. The van der Waals surface area contributed by atoms with Crippen molar-refractivity contribution in [3.8, 4) is 11.5 Å². The zero-order valence-corrected chi connectivity index (χ0v) is 12.2. The zero-order chi connectivity index (χ0) is 14.9. The largest absolute Gasteiger partial charge is 0.486 e. The van der Waals surface area contributed by atoms with Crippen molar-refractivity contribution in [1.82, 2.24) is 14.3 Å². The first-order valence-electron chi connectivity index (χ1n) is 6.40. The van der Waals surface area contributed by atoms with E-state index in [-0.39, 0.29) is 17.7 Å². The Morgan fingerprint density at radius 3 is 2.86 bits per heavy atom. The van der Waals surface area contributed by atoms with Gasteiger partial charge in [-0.1, -0.05) is 12.1 Å². The number of aromatic nitrogens is 2. The lowest BCUT2D eigenvalue weighted by Crippen LogP contribution is -2.41. The topological polar surface area (TPSA) is 84.5 Å². The normalized spacial score (nSPS) is 17.9. The molecule has 1 aromatic carbocycles. The lowest BCUT2D eigenvalue weighted by Gasteiger charge is -2.29. The van der Waals surface area contributed by atoms with Crippen LogP contribution in [0.5, 0.6) is 11.5 Å². The van der Waals surface area contributed by atoms with Crippen LogP contribution < -0.4 is 9.47 Å². The molecule has 1 atom stereocenters. The van der Waals surface area contributed by atoms with Crippen LogP contribution in [0.25, 0.3) is 0 Å². The van der Waals surface area contributed by atoms with Gasteiger partial charge in [-0.05, 0) is 12.1 Å². The Bertz CT molecular complexity index is 715. The Balaban J connectivity index is 1.71. The minimum Gasteiger partial charge on any atom is -0.486 e. The number of hydrogen-bond acceptors (Lipinski definition) is 5. The molecule has 0 saturated carbocycles. The summed E-state index contributed by atoms with van der Waals surface area (Å²) in [7, 11) is -2.09. The van der Waals surface area contributed by atoms with Crippen molar-refractivity contribution < 1.29 is 17.9 Å². The first-order valence-corrected chi connectivity index (χ1v) is 7.84. The fraction of sp³-hybridized carbons (Fsp3) is 0.308. The molecule has 0 aliphatic carbocycles. The minimum absolute atomic E-state index is 0.0575. The highest BCUT2D eigenvalue weighted by Gasteiger charge is 2.28. The number of hydrogen-bond donors (Lipinski definition) is 1. The molecule has 2 aromatic rings. The third kappa shape index (κ3) is 2.72. The molecular weight excluding hydrogens is 294 g/mol. The molecular formula is C13H15N3O4S. The molecule has 0 radical (unpaired) electrons. The maximum Gasteiger partial charge on any atom is 0.259 e. The van der Waals surface area contributed by atoms with Crippen LogP contribution in [-0.2, 0) is 10.0 Å². The van der Waals surface area contributed by atoms with E-state index in [2.05, 4.69) is 9.97 Å². The van der Waals surface area contributed by atoms with Gasteiger partial charge in [0, 0.05) is 7.05 Å². The number of ether oxygens (including phenoxy) is 2. The average Bonchev–Trinajstić information content (AvgIpc) is 3.02. The molecule has 1 unspecified atom stereocenters. The van der Waals surface area contributed by atoms with E-state index in [1.54, 1.807) is 6.07 Å². The molecule has 0 bridgehead atoms. The van der Waals surface area contributed by atoms with E-state index in [0.29, 0.717) is 18.1 Å². The summed E-state index contributed by atoms with van der Waals surface area (Å²) in [4.78, 5) is 6.33. The van der Waals surface area contributed by atoms with E-state index in [9.17, 15) is 8.42 Å². The average molecular weight is 309 g/mol. The second-order valence-electron chi connectivity index (χ2n) is 4.70. The second-order valence-corrected chi connectivity index (χ2v) is 6.71. The lowest BCUT2D eigenvalue weighted by atomic mass is 10.2. The van der Waals surface area contributed by atoms with Gasteiger partial charge in [0.2, 0.25) is 0 Å².